The van der Waals surface area contributed by atoms with E-state index in [1.807, 2.05) is 19.1 Å². The second kappa shape index (κ2) is 4.88. The van der Waals surface area contributed by atoms with Crippen LogP contribution < -0.4 is 14.4 Å². The second-order valence-corrected chi connectivity index (χ2v) is 4.71. The number of aromatic nitrogens is 2. The number of carbonyl (C=O) groups excluding carboxylic acids is 1. The smallest absolute Gasteiger partial charge is 0.232 e. The van der Waals surface area contributed by atoms with Crippen molar-refractivity contribution in [2.75, 3.05) is 18.7 Å². The summed E-state index contributed by atoms with van der Waals surface area (Å²) in [6, 6.07) is 7.31. The number of carbonyl (C=O) groups is 1. The van der Waals surface area contributed by atoms with Crippen LogP contribution >= 0.6 is 0 Å². The number of likely N-dealkylation sites (N-methyl/N-ethyl adjacent to an activating group) is 1. The Balaban J connectivity index is 1.74. The topological polar surface area (TPSA) is 67.5 Å². The van der Waals surface area contributed by atoms with Gasteiger partial charge in [0.1, 0.15) is 0 Å². The molecule has 0 spiro atoms. The molecule has 0 bridgehead atoms. The number of nitrogens with one attached hydrogen (secondary N) is 1. The molecule has 0 radical (unpaired) electrons. The number of anilines is 1. The fourth-order valence-corrected chi connectivity index (χ4v) is 2.08. The van der Waals surface area contributed by atoms with Gasteiger partial charge < -0.3 is 14.4 Å². The van der Waals surface area contributed by atoms with E-state index >= 15 is 0 Å². The Labute approximate surface area is 116 Å². The van der Waals surface area contributed by atoms with Crippen LogP contribution in [0.2, 0.25) is 0 Å². The number of H-pyrrole nitrogens is 1. The van der Waals surface area contributed by atoms with Crippen molar-refractivity contribution in [1.82, 2.24) is 10.2 Å². The fraction of sp³-hybridized carbons (Fsp3) is 0.286. The number of aromatic amines is 1. The maximum absolute atomic E-state index is 12.2. The Kier molecular flexibility index (Phi) is 3.06. The number of hydrogen-bond donors (Lipinski definition) is 1. The van der Waals surface area contributed by atoms with Crippen molar-refractivity contribution in [1.29, 1.82) is 0 Å². The summed E-state index contributed by atoms with van der Waals surface area (Å²) in [7, 11) is 1.74. The zero-order chi connectivity index (χ0) is 14.1. The molecule has 2 aromatic rings. The van der Waals surface area contributed by atoms with Crippen LogP contribution in [0.4, 0.5) is 5.69 Å². The molecule has 1 amide bonds. The highest BCUT2D eigenvalue weighted by molar-refractivity contribution is 5.94. The Hall–Kier alpha value is -2.50. The summed E-state index contributed by atoms with van der Waals surface area (Å²) in [6.07, 6.45) is 0.259. The molecule has 1 aliphatic rings. The lowest BCUT2D eigenvalue weighted by atomic mass is 10.2. The molecule has 0 unspecified atom stereocenters. The average molecular weight is 273 g/mol. The van der Waals surface area contributed by atoms with Crippen LogP contribution in [0.1, 0.15) is 11.4 Å². The molecular weight excluding hydrogens is 258 g/mol. The van der Waals surface area contributed by atoms with Crippen LogP contribution in [0, 0.1) is 6.92 Å². The Morgan fingerprint density at radius 2 is 2.15 bits per heavy atom. The first-order valence-corrected chi connectivity index (χ1v) is 6.30. The predicted octanol–water partition coefficient (Wildman–Crippen LogP) is 1.65. The minimum absolute atomic E-state index is 0.0321. The molecule has 1 aromatic heterocycles. The van der Waals surface area contributed by atoms with Gasteiger partial charge in [-0.3, -0.25) is 9.89 Å². The van der Waals surface area contributed by atoms with E-state index in [-0.39, 0.29) is 19.1 Å². The number of aryl methyl sites for hydroxylation is 1. The van der Waals surface area contributed by atoms with Gasteiger partial charge in [-0.15, -0.1) is 0 Å². The highest BCUT2D eigenvalue weighted by atomic mass is 16.7. The van der Waals surface area contributed by atoms with Gasteiger partial charge in [-0.2, -0.15) is 5.10 Å². The number of rotatable bonds is 3. The van der Waals surface area contributed by atoms with Gasteiger partial charge in [0.2, 0.25) is 12.7 Å². The maximum atomic E-state index is 12.2. The summed E-state index contributed by atoms with van der Waals surface area (Å²) < 4.78 is 10.6. The van der Waals surface area contributed by atoms with Gasteiger partial charge >= 0.3 is 0 Å². The highest BCUT2D eigenvalue weighted by Crippen LogP contribution is 2.35. The van der Waals surface area contributed by atoms with Gasteiger partial charge in [-0.25, -0.2) is 0 Å². The summed E-state index contributed by atoms with van der Waals surface area (Å²) in [4.78, 5) is 13.8. The van der Waals surface area contributed by atoms with E-state index in [4.69, 9.17) is 9.47 Å². The molecule has 1 N–H and O–H groups in total. The van der Waals surface area contributed by atoms with Crippen molar-refractivity contribution in [2.24, 2.45) is 0 Å². The zero-order valence-corrected chi connectivity index (χ0v) is 11.3. The van der Waals surface area contributed by atoms with Crippen LogP contribution in [0.25, 0.3) is 0 Å². The summed E-state index contributed by atoms with van der Waals surface area (Å²) in [5.41, 5.74) is 2.45. The third kappa shape index (κ3) is 2.32. The van der Waals surface area contributed by atoms with Gasteiger partial charge in [0.15, 0.2) is 11.5 Å². The number of hydrogen-bond acceptors (Lipinski definition) is 4. The van der Waals surface area contributed by atoms with Gasteiger partial charge in [0.05, 0.1) is 12.1 Å². The fourth-order valence-electron chi connectivity index (χ4n) is 2.08. The Morgan fingerprint density at radius 3 is 2.90 bits per heavy atom. The highest BCUT2D eigenvalue weighted by Gasteiger charge is 2.18. The number of benzene rings is 1. The zero-order valence-electron chi connectivity index (χ0n) is 11.3. The van der Waals surface area contributed by atoms with Crippen molar-refractivity contribution < 1.29 is 14.3 Å². The summed E-state index contributed by atoms with van der Waals surface area (Å²) >= 11 is 0. The third-order valence-electron chi connectivity index (χ3n) is 3.21. The summed E-state index contributed by atoms with van der Waals surface area (Å²) in [6.45, 7) is 2.13. The first-order chi connectivity index (χ1) is 9.63. The molecule has 0 saturated carbocycles. The molecule has 20 heavy (non-hydrogen) atoms. The SMILES string of the molecule is Cc1cc(CC(=O)N(C)c2ccc3c(c2)OCO3)n[nH]1. The molecule has 104 valence electrons. The number of nitrogens with zero attached hydrogens (tertiary/aromatic N) is 2. The average Bonchev–Trinajstić information content (AvgIpc) is 3.05. The number of ether oxygens (including phenoxy) is 2. The lowest BCUT2D eigenvalue weighted by Gasteiger charge is -2.17. The van der Waals surface area contributed by atoms with Crippen LogP contribution in [-0.4, -0.2) is 29.9 Å². The molecule has 1 aromatic carbocycles. The minimum atomic E-state index is -0.0321. The molecule has 6 nitrogen and oxygen atoms in total. The van der Waals surface area contributed by atoms with E-state index < -0.39 is 0 Å². The summed E-state index contributed by atoms with van der Waals surface area (Å²) in [5.74, 6) is 1.34. The lowest BCUT2D eigenvalue weighted by molar-refractivity contribution is -0.117. The summed E-state index contributed by atoms with van der Waals surface area (Å²) in [5, 5.41) is 6.90. The standard InChI is InChI=1S/C14H15N3O3/c1-9-5-10(16-15-9)6-14(18)17(2)11-3-4-12-13(7-11)20-8-19-12/h3-5,7H,6,8H2,1-2H3,(H,15,16). The normalized spacial score (nSPS) is 12.5. The first-order valence-electron chi connectivity index (χ1n) is 6.30. The first kappa shape index (κ1) is 12.5. The quantitative estimate of drug-likeness (QED) is 0.923. The van der Waals surface area contributed by atoms with Crippen molar-refractivity contribution in [3.05, 3.63) is 35.7 Å². The van der Waals surface area contributed by atoms with Gasteiger partial charge in [-0.1, -0.05) is 0 Å². The third-order valence-corrected chi connectivity index (χ3v) is 3.21. The van der Waals surface area contributed by atoms with Crippen LogP contribution in [-0.2, 0) is 11.2 Å². The lowest BCUT2D eigenvalue weighted by Crippen LogP contribution is -2.27. The van der Waals surface area contributed by atoms with E-state index in [1.165, 1.54) is 0 Å². The Bertz CT molecular complexity index is 651. The van der Waals surface area contributed by atoms with Gasteiger partial charge in [-0.05, 0) is 25.1 Å². The minimum Gasteiger partial charge on any atom is -0.454 e. The molecule has 0 fully saturated rings. The second-order valence-electron chi connectivity index (χ2n) is 4.71. The van der Waals surface area contributed by atoms with Crippen molar-refractivity contribution in [3.63, 3.8) is 0 Å². The van der Waals surface area contributed by atoms with Crippen molar-refractivity contribution >= 4 is 11.6 Å². The van der Waals surface area contributed by atoms with E-state index in [0.29, 0.717) is 11.5 Å². The molecule has 3 rings (SSSR count). The van der Waals surface area contributed by atoms with Crippen LogP contribution in [0.5, 0.6) is 11.5 Å². The van der Waals surface area contributed by atoms with Crippen LogP contribution in [0.15, 0.2) is 24.3 Å². The van der Waals surface area contributed by atoms with E-state index in [9.17, 15) is 4.79 Å². The molecular formula is C14H15N3O3. The number of fused-ring (bicyclic) bond motifs is 1. The molecule has 0 aliphatic carbocycles. The predicted molar refractivity (Wildman–Crippen MR) is 73.0 cm³/mol. The van der Waals surface area contributed by atoms with Crippen molar-refractivity contribution in [2.45, 2.75) is 13.3 Å². The van der Waals surface area contributed by atoms with E-state index in [0.717, 1.165) is 17.1 Å². The van der Waals surface area contributed by atoms with Gasteiger partial charge in [0, 0.05) is 24.5 Å². The van der Waals surface area contributed by atoms with Crippen molar-refractivity contribution in [3.8, 4) is 11.5 Å². The Morgan fingerprint density at radius 1 is 1.35 bits per heavy atom. The van der Waals surface area contributed by atoms with Crippen LogP contribution in [0.3, 0.4) is 0 Å². The molecule has 0 saturated heterocycles. The molecule has 1 aliphatic heterocycles. The molecule has 2 heterocycles. The largest absolute Gasteiger partial charge is 0.454 e. The monoisotopic (exact) mass is 273 g/mol. The number of amides is 1. The maximum Gasteiger partial charge on any atom is 0.232 e. The molecule has 6 heteroatoms. The van der Waals surface area contributed by atoms with E-state index in [1.54, 1.807) is 24.1 Å². The van der Waals surface area contributed by atoms with E-state index in [2.05, 4.69) is 10.2 Å². The van der Waals surface area contributed by atoms with Gasteiger partial charge in [0.25, 0.3) is 0 Å². The molecule has 0 atom stereocenters.